The van der Waals surface area contributed by atoms with Gasteiger partial charge in [-0.3, -0.25) is 10.2 Å². The van der Waals surface area contributed by atoms with Crippen LogP contribution in [0.2, 0.25) is 0 Å². The van der Waals surface area contributed by atoms with Crippen LogP contribution in [0, 0.1) is 11.3 Å². The van der Waals surface area contributed by atoms with Gasteiger partial charge in [0.15, 0.2) is 5.75 Å². The van der Waals surface area contributed by atoms with Crippen LogP contribution in [0.4, 0.5) is 10.5 Å². The summed E-state index contributed by atoms with van der Waals surface area (Å²) in [5.74, 6) is -0.421. The van der Waals surface area contributed by atoms with Gasteiger partial charge in [0.1, 0.15) is 11.8 Å². The third-order valence-corrected chi connectivity index (χ3v) is 5.15. The van der Waals surface area contributed by atoms with E-state index < -0.39 is 12.0 Å². The van der Waals surface area contributed by atoms with Crippen LogP contribution < -0.4 is 15.2 Å². The van der Waals surface area contributed by atoms with Crippen LogP contribution in [0.25, 0.3) is 22.2 Å². The Balaban J connectivity index is 1.94. The second-order valence-electron chi connectivity index (χ2n) is 7.13. The molecule has 1 heterocycles. The predicted octanol–water partition coefficient (Wildman–Crippen LogP) is 4.70. The molecular weight excluding hydrogens is 432 g/mol. The number of hydrogen-bond donors (Lipinski definition) is 1. The number of anilines is 1. The minimum absolute atomic E-state index is 0.133. The summed E-state index contributed by atoms with van der Waals surface area (Å²) in [6, 6.07) is 24.9. The first-order chi connectivity index (χ1) is 16.6. The number of fused-ring (bicyclic) bond motifs is 1. The molecule has 1 N–H and O–H groups in total. The summed E-state index contributed by atoms with van der Waals surface area (Å²) in [6.45, 7) is 0. The molecule has 8 nitrogen and oxygen atoms in total. The highest BCUT2D eigenvalue weighted by Crippen LogP contribution is 2.37. The van der Waals surface area contributed by atoms with Gasteiger partial charge in [0.2, 0.25) is 0 Å². The molecule has 34 heavy (non-hydrogen) atoms. The molecule has 0 spiro atoms. The number of carbonyl (C=O) groups is 2. The highest BCUT2D eigenvalue weighted by Gasteiger charge is 2.27. The van der Waals surface area contributed by atoms with Gasteiger partial charge in [-0.2, -0.15) is 10.3 Å². The van der Waals surface area contributed by atoms with Crippen molar-refractivity contribution < 1.29 is 19.1 Å². The molecule has 0 aliphatic rings. The summed E-state index contributed by atoms with van der Waals surface area (Å²) in [5.41, 5.74) is 4.90. The number of nitriles is 1. The summed E-state index contributed by atoms with van der Waals surface area (Å²) < 4.78 is 10.5. The fraction of sp³-hybridized carbons (Fsp3) is 0.0769. The lowest BCUT2D eigenvalue weighted by Crippen LogP contribution is -2.46. The number of nitrogens with one attached hydrogen (secondary N) is 1. The van der Waals surface area contributed by atoms with E-state index in [9.17, 15) is 14.9 Å². The molecular formula is C26H20N4O4. The van der Waals surface area contributed by atoms with Gasteiger partial charge in [-0.05, 0) is 18.2 Å². The topological polar surface area (TPSA) is 105 Å². The van der Waals surface area contributed by atoms with Crippen LogP contribution >= 0.6 is 0 Å². The molecule has 4 rings (SSSR count). The van der Waals surface area contributed by atoms with Crippen molar-refractivity contribution in [2.24, 2.45) is 0 Å². The van der Waals surface area contributed by atoms with E-state index in [4.69, 9.17) is 9.47 Å². The number of carbonyl (C=O) groups excluding carboxylic acids is 2. The van der Waals surface area contributed by atoms with Crippen LogP contribution in [-0.4, -0.2) is 31.2 Å². The van der Waals surface area contributed by atoms with Crippen molar-refractivity contribution in [1.29, 1.82) is 5.26 Å². The van der Waals surface area contributed by atoms with E-state index in [1.807, 2.05) is 30.3 Å². The molecule has 4 aromatic rings. The van der Waals surface area contributed by atoms with Gasteiger partial charge >= 0.3 is 6.09 Å². The molecule has 2 amide bonds. The fourth-order valence-electron chi connectivity index (χ4n) is 3.62. The highest BCUT2D eigenvalue weighted by molar-refractivity contribution is 6.12. The van der Waals surface area contributed by atoms with E-state index in [0.29, 0.717) is 33.4 Å². The van der Waals surface area contributed by atoms with Gasteiger partial charge in [0.25, 0.3) is 5.91 Å². The molecule has 0 saturated carbocycles. The Hall–Kier alpha value is -4.90. The third kappa shape index (κ3) is 4.10. The summed E-state index contributed by atoms with van der Waals surface area (Å²) in [7, 11) is 2.66. The number of methoxy groups -OCH3 is 2. The lowest BCUT2D eigenvalue weighted by atomic mass is 10.00. The molecule has 3 aromatic carbocycles. The second kappa shape index (κ2) is 9.71. The first kappa shape index (κ1) is 22.3. The van der Waals surface area contributed by atoms with Gasteiger partial charge in [0, 0.05) is 10.9 Å². The SMILES string of the molecule is COC(=O)N(NC(=O)c1c(OC)c(-c2ccccc2)nc2c(C#N)cccc12)c1ccccc1. The number of benzene rings is 3. The van der Waals surface area contributed by atoms with Crippen molar-refractivity contribution in [3.8, 4) is 23.1 Å². The van der Waals surface area contributed by atoms with Gasteiger partial charge in [0.05, 0.1) is 36.6 Å². The summed E-state index contributed by atoms with van der Waals surface area (Å²) in [5, 5.41) is 11.1. The quantitative estimate of drug-likeness (QED) is 0.450. The van der Waals surface area contributed by atoms with Crippen molar-refractivity contribution in [1.82, 2.24) is 10.4 Å². The molecule has 0 fully saturated rings. The standard InChI is InChI=1S/C26H20N4O4/c1-33-24-21(25(31)29-30(26(32)34-2)19-13-7-4-8-14-19)20-15-9-12-18(16-27)22(20)28-23(24)17-10-5-3-6-11-17/h3-15H,1-2H3,(H,29,31). The average molecular weight is 452 g/mol. The number of pyridine rings is 1. The molecule has 0 unspecified atom stereocenters. The maximum absolute atomic E-state index is 13.7. The van der Waals surface area contributed by atoms with Gasteiger partial charge in [-0.1, -0.05) is 60.7 Å². The molecule has 0 aliphatic carbocycles. The van der Waals surface area contributed by atoms with E-state index in [-0.39, 0.29) is 11.3 Å². The van der Waals surface area contributed by atoms with Crippen molar-refractivity contribution in [2.75, 3.05) is 19.2 Å². The predicted molar refractivity (Wildman–Crippen MR) is 127 cm³/mol. The molecule has 0 aliphatic heterocycles. The number of amides is 2. The highest BCUT2D eigenvalue weighted by atomic mass is 16.5. The second-order valence-corrected chi connectivity index (χ2v) is 7.13. The minimum atomic E-state index is -0.780. The molecule has 0 bridgehead atoms. The number of hydrazine groups is 1. The first-order valence-electron chi connectivity index (χ1n) is 10.3. The number of hydrogen-bond acceptors (Lipinski definition) is 6. The van der Waals surface area contributed by atoms with Crippen molar-refractivity contribution in [2.45, 2.75) is 0 Å². The van der Waals surface area contributed by atoms with Gasteiger partial charge in [-0.15, -0.1) is 0 Å². The van der Waals surface area contributed by atoms with Crippen LogP contribution in [-0.2, 0) is 4.74 Å². The van der Waals surface area contributed by atoms with Gasteiger partial charge in [-0.25, -0.2) is 9.78 Å². The smallest absolute Gasteiger partial charge is 0.433 e. The summed E-state index contributed by atoms with van der Waals surface area (Å²) >= 11 is 0. The maximum Gasteiger partial charge on any atom is 0.433 e. The van der Waals surface area contributed by atoms with E-state index in [1.165, 1.54) is 14.2 Å². The molecule has 8 heteroatoms. The fourth-order valence-corrected chi connectivity index (χ4v) is 3.62. The molecule has 0 atom stereocenters. The Morgan fingerprint density at radius 2 is 1.62 bits per heavy atom. The van der Waals surface area contributed by atoms with Gasteiger partial charge < -0.3 is 9.47 Å². The number of ether oxygens (including phenoxy) is 2. The zero-order chi connectivity index (χ0) is 24.1. The number of para-hydroxylation sites is 2. The van der Waals surface area contributed by atoms with Crippen LogP contribution in [0.15, 0.2) is 78.9 Å². The van der Waals surface area contributed by atoms with Crippen molar-refractivity contribution >= 4 is 28.6 Å². The van der Waals surface area contributed by atoms with Crippen molar-refractivity contribution in [3.05, 3.63) is 90.0 Å². The minimum Gasteiger partial charge on any atom is -0.494 e. The number of rotatable bonds is 4. The number of aromatic nitrogens is 1. The van der Waals surface area contributed by atoms with Crippen LogP contribution in [0.3, 0.4) is 0 Å². The lowest BCUT2D eigenvalue weighted by molar-refractivity contribution is 0.0939. The molecule has 1 aromatic heterocycles. The van der Waals surface area contributed by atoms with E-state index >= 15 is 0 Å². The number of nitrogens with zero attached hydrogens (tertiary/aromatic N) is 3. The Kier molecular flexibility index (Phi) is 6.37. The Labute approximate surface area is 195 Å². The normalized spacial score (nSPS) is 10.3. The molecule has 0 radical (unpaired) electrons. The van der Waals surface area contributed by atoms with Crippen molar-refractivity contribution in [3.63, 3.8) is 0 Å². The first-order valence-corrected chi connectivity index (χ1v) is 10.3. The Bertz CT molecular complexity index is 1400. The summed E-state index contributed by atoms with van der Waals surface area (Å²) in [4.78, 5) is 30.8. The monoisotopic (exact) mass is 452 g/mol. The lowest BCUT2D eigenvalue weighted by Gasteiger charge is -2.23. The van der Waals surface area contributed by atoms with Crippen LogP contribution in [0.5, 0.6) is 5.75 Å². The maximum atomic E-state index is 13.7. The summed E-state index contributed by atoms with van der Waals surface area (Å²) in [6.07, 6.45) is -0.780. The largest absolute Gasteiger partial charge is 0.494 e. The van der Waals surface area contributed by atoms with E-state index in [1.54, 1.807) is 48.5 Å². The Morgan fingerprint density at radius 3 is 2.24 bits per heavy atom. The van der Waals surface area contributed by atoms with E-state index in [0.717, 1.165) is 5.01 Å². The third-order valence-electron chi connectivity index (χ3n) is 5.15. The average Bonchev–Trinajstić information content (AvgIpc) is 2.90. The zero-order valence-electron chi connectivity index (χ0n) is 18.5. The Morgan fingerprint density at radius 1 is 0.941 bits per heavy atom. The van der Waals surface area contributed by atoms with Crippen LogP contribution in [0.1, 0.15) is 15.9 Å². The van der Waals surface area contributed by atoms with E-state index in [2.05, 4.69) is 16.5 Å². The zero-order valence-corrected chi connectivity index (χ0v) is 18.5. The molecule has 168 valence electrons. The molecule has 0 saturated heterocycles.